The van der Waals surface area contributed by atoms with E-state index in [2.05, 4.69) is 0 Å². The molecule has 0 radical (unpaired) electrons. The van der Waals surface area contributed by atoms with Crippen LogP contribution < -0.4 is 4.52 Å². The van der Waals surface area contributed by atoms with Gasteiger partial charge in [0.1, 0.15) is 11.6 Å². The first-order valence-electron chi connectivity index (χ1n) is 7.30. The quantitative estimate of drug-likeness (QED) is 0.570. The molecule has 2 atom stereocenters. The molecule has 0 aliphatic rings. The Morgan fingerprint density at radius 1 is 1.27 bits per heavy atom. The van der Waals surface area contributed by atoms with Gasteiger partial charge in [-0.3, -0.25) is 9.36 Å². The molecule has 0 saturated carbocycles. The molecule has 0 unspecified atom stereocenters. The fourth-order valence-corrected chi connectivity index (χ4v) is 4.06. The van der Waals surface area contributed by atoms with Crippen LogP contribution in [0.4, 0.5) is 4.39 Å². The molecule has 22 heavy (non-hydrogen) atoms. The van der Waals surface area contributed by atoms with Gasteiger partial charge in [-0.1, -0.05) is 27.7 Å². The molecule has 1 aromatic rings. The molecule has 0 aromatic heterocycles. The summed E-state index contributed by atoms with van der Waals surface area (Å²) in [5.41, 5.74) is 0. The van der Waals surface area contributed by atoms with Crippen LogP contribution in [0.25, 0.3) is 0 Å². The maximum absolute atomic E-state index is 13.3. The summed E-state index contributed by atoms with van der Waals surface area (Å²) in [5, 5.41) is -0.651. The van der Waals surface area contributed by atoms with Gasteiger partial charge in [-0.05, 0) is 31.2 Å². The minimum Gasteiger partial charge on any atom is -0.466 e. The Hall–Kier alpha value is -1.35. The summed E-state index contributed by atoms with van der Waals surface area (Å²) in [6.45, 7) is 9.08. The van der Waals surface area contributed by atoms with E-state index in [0.29, 0.717) is 5.75 Å². The van der Waals surface area contributed by atoms with Crippen molar-refractivity contribution in [3.05, 3.63) is 30.1 Å². The standard InChI is InChI=1S/C16H24FO4P/c1-6-20-15(18)12(2)11-22(19,16(3,4)5)21-14-9-7-13(17)8-10-14/h7-10,12H,6,11H2,1-5H3/t12-,22-/m1/s1. The molecule has 0 amide bonds. The van der Waals surface area contributed by atoms with Crippen molar-refractivity contribution in [1.29, 1.82) is 0 Å². The van der Waals surface area contributed by atoms with E-state index < -0.39 is 30.2 Å². The monoisotopic (exact) mass is 330 g/mol. The number of rotatable bonds is 6. The van der Waals surface area contributed by atoms with Crippen molar-refractivity contribution in [1.82, 2.24) is 0 Å². The predicted octanol–water partition coefficient (Wildman–Crippen LogP) is 4.48. The first-order valence-corrected chi connectivity index (χ1v) is 9.11. The number of carbonyl (C=O) groups is 1. The van der Waals surface area contributed by atoms with Crippen molar-refractivity contribution in [3.8, 4) is 5.75 Å². The molecule has 6 heteroatoms. The second kappa shape index (κ2) is 7.28. The Labute approximate surface area is 131 Å². The lowest BCUT2D eigenvalue weighted by Gasteiger charge is -2.32. The Morgan fingerprint density at radius 2 is 1.82 bits per heavy atom. The average molecular weight is 330 g/mol. The van der Waals surface area contributed by atoms with Crippen molar-refractivity contribution in [2.75, 3.05) is 12.8 Å². The lowest BCUT2D eigenvalue weighted by Crippen LogP contribution is -2.27. The Bertz CT molecular complexity index is 548. The number of esters is 1. The number of benzene rings is 1. The topological polar surface area (TPSA) is 52.6 Å². The minimum absolute atomic E-state index is 0.0761. The molecule has 0 aliphatic carbocycles. The fraction of sp³-hybridized carbons (Fsp3) is 0.562. The lowest BCUT2D eigenvalue weighted by atomic mass is 10.2. The van der Waals surface area contributed by atoms with Crippen LogP contribution in [0.5, 0.6) is 5.75 Å². The summed E-state index contributed by atoms with van der Waals surface area (Å²) in [6, 6.07) is 5.36. The summed E-state index contributed by atoms with van der Waals surface area (Å²) in [7, 11) is -3.20. The Morgan fingerprint density at radius 3 is 2.27 bits per heavy atom. The van der Waals surface area contributed by atoms with Gasteiger partial charge in [0.15, 0.2) is 0 Å². The molecule has 0 aliphatic heterocycles. The summed E-state index contributed by atoms with van der Waals surface area (Å²) in [5.74, 6) is -0.992. The van der Waals surface area contributed by atoms with Gasteiger partial charge in [0.25, 0.3) is 7.37 Å². The summed E-state index contributed by atoms with van der Waals surface area (Å²) < 4.78 is 36.9. The van der Waals surface area contributed by atoms with Crippen LogP contribution in [0.1, 0.15) is 34.6 Å². The average Bonchev–Trinajstić information content (AvgIpc) is 2.40. The highest BCUT2D eigenvalue weighted by atomic mass is 31.2. The molecule has 1 rings (SSSR count). The number of ether oxygens (including phenoxy) is 1. The van der Waals surface area contributed by atoms with E-state index in [9.17, 15) is 13.8 Å². The third-order valence-corrected chi connectivity index (χ3v) is 6.87. The highest BCUT2D eigenvalue weighted by Gasteiger charge is 2.42. The van der Waals surface area contributed by atoms with Crippen molar-refractivity contribution in [3.63, 3.8) is 0 Å². The molecule has 1 aromatic carbocycles. The predicted molar refractivity (Wildman–Crippen MR) is 85.1 cm³/mol. The minimum atomic E-state index is -3.20. The molecule has 0 N–H and O–H groups in total. The van der Waals surface area contributed by atoms with E-state index in [-0.39, 0.29) is 12.8 Å². The molecule has 0 spiro atoms. The van der Waals surface area contributed by atoms with Gasteiger partial charge in [-0.2, -0.15) is 0 Å². The summed E-state index contributed by atoms with van der Waals surface area (Å²) in [6.07, 6.45) is 0.0761. The van der Waals surface area contributed by atoms with Crippen LogP contribution in [0.15, 0.2) is 24.3 Å². The van der Waals surface area contributed by atoms with Crippen LogP contribution in [-0.2, 0) is 14.1 Å². The van der Waals surface area contributed by atoms with Crippen LogP contribution in [0.3, 0.4) is 0 Å². The van der Waals surface area contributed by atoms with Gasteiger partial charge in [-0.15, -0.1) is 0 Å². The third-order valence-electron chi connectivity index (χ3n) is 3.29. The molecule has 0 saturated heterocycles. The highest BCUT2D eigenvalue weighted by Crippen LogP contribution is 2.59. The van der Waals surface area contributed by atoms with Gasteiger partial charge in [-0.25, -0.2) is 4.39 Å². The smallest absolute Gasteiger partial charge is 0.309 e. The van der Waals surface area contributed by atoms with E-state index >= 15 is 0 Å². The number of hydrogen-bond acceptors (Lipinski definition) is 4. The zero-order chi connectivity index (χ0) is 17.0. The zero-order valence-corrected chi connectivity index (χ0v) is 14.7. The summed E-state index contributed by atoms with van der Waals surface area (Å²) in [4.78, 5) is 11.8. The highest BCUT2D eigenvalue weighted by molar-refractivity contribution is 7.61. The Balaban J connectivity index is 2.98. The number of carbonyl (C=O) groups excluding carboxylic acids is 1. The van der Waals surface area contributed by atoms with E-state index in [1.165, 1.54) is 24.3 Å². The fourth-order valence-electron chi connectivity index (χ4n) is 1.83. The van der Waals surface area contributed by atoms with Gasteiger partial charge >= 0.3 is 5.97 Å². The maximum atomic E-state index is 13.3. The largest absolute Gasteiger partial charge is 0.466 e. The molecule has 0 fully saturated rings. The van der Waals surface area contributed by atoms with E-state index in [1.807, 2.05) is 0 Å². The van der Waals surface area contributed by atoms with Gasteiger partial charge in [0.05, 0.1) is 12.5 Å². The van der Waals surface area contributed by atoms with E-state index in [4.69, 9.17) is 9.26 Å². The maximum Gasteiger partial charge on any atom is 0.309 e. The van der Waals surface area contributed by atoms with Crippen LogP contribution in [0, 0.1) is 11.7 Å². The lowest BCUT2D eigenvalue weighted by molar-refractivity contribution is -0.146. The third kappa shape index (κ3) is 4.84. The number of hydrogen-bond donors (Lipinski definition) is 0. The van der Waals surface area contributed by atoms with Crippen LogP contribution in [-0.4, -0.2) is 23.9 Å². The van der Waals surface area contributed by atoms with Crippen molar-refractivity contribution >= 4 is 13.3 Å². The van der Waals surface area contributed by atoms with Gasteiger partial charge < -0.3 is 9.26 Å². The normalized spacial score (nSPS) is 15.7. The Kier molecular flexibility index (Phi) is 6.18. The van der Waals surface area contributed by atoms with E-state index in [1.54, 1.807) is 34.6 Å². The first kappa shape index (κ1) is 18.7. The zero-order valence-electron chi connectivity index (χ0n) is 13.8. The molecular weight excluding hydrogens is 306 g/mol. The van der Waals surface area contributed by atoms with E-state index in [0.717, 1.165) is 0 Å². The molecule has 0 heterocycles. The molecule has 0 bridgehead atoms. The van der Waals surface area contributed by atoms with Crippen LogP contribution in [0.2, 0.25) is 0 Å². The SMILES string of the molecule is CCOC(=O)[C@H](C)C[P@@](=O)(Oc1ccc(F)cc1)C(C)(C)C. The van der Waals surface area contributed by atoms with Crippen LogP contribution >= 0.6 is 7.37 Å². The molecule has 4 nitrogen and oxygen atoms in total. The van der Waals surface area contributed by atoms with Gasteiger partial charge in [0, 0.05) is 11.3 Å². The first-order chi connectivity index (χ1) is 10.1. The van der Waals surface area contributed by atoms with Crippen molar-refractivity contribution in [2.45, 2.75) is 39.8 Å². The molecule has 124 valence electrons. The second-order valence-electron chi connectivity index (χ2n) is 6.23. The second-order valence-corrected chi connectivity index (χ2v) is 9.46. The van der Waals surface area contributed by atoms with Crippen molar-refractivity contribution < 1.29 is 23.0 Å². The van der Waals surface area contributed by atoms with Crippen molar-refractivity contribution in [2.24, 2.45) is 5.92 Å². The summed E-state index contributed by atoms with van der Waals surface area (Å²) >= 11 is 0. The molecular formula is C16H24FO4P. The van der Waals surface area contributed by atoms with Gasteiger partial charge in [0.2, 0.25) is 0 Å². The number of halogens is 1.